The number of allylic oxidation sites excluding steroid dienone is 1. The molecular formula is C41H56FNO11. The van der Waals surface area contributed by atoms with Crippen molar-refractivity contribution in [2.75, 3.05) is 47.2 Å². The third kappa shape index (κ3) is 14.9. The van der Waals surface area contributed by atoms with Gasteiger partial charge in [0, 0.05) is 24.6 Å². The largest absolute Gasteiger partial charge is 0.493 e. The molecule has 0 saturated carbocycles. The molecule has 2 aromatic carbocycles. The average Bonchev–Trinajstić information content (AvgIpc) is 3.15. The molecule has 3 rings (SSSR count). The van der Waals surface area contributed by atoms with Crippen LogP contribution in [0.4, 0.5) is 4.39 Å². The molecule has 1 aliphatic rings. The van der Waals surface area contributed by atoms with E-state index >= 15 is 0 Å². The van der Waals surface area contributed by atoms with Gasteiger partial charge in [-0.25, -0.2) is 14.0 Å². The number of carboxylic acid groups (broad SMARTS) is 1. The Morgan fingerprint density at radius 1 is 1.00 bits per heavy atom. The topological polar surface area (TPSA) is 155 Å². The maximum absolute atomic E-state index is 13.8. The standard InChI is InChI=1S/C22H27FO4.C19H29NO7/c1-15(2)20(24)14-27-19-11-17(10-18(23)13-19)7-5-6-16-8-9-21(25-3)22(12-16)26-4;1-5-13(2)7-6-8-15(21)27-12-19(3,4)16(22)17(23)20-9-10-26-11-14(20)18(24)25/h8-13,15H,5-7,14H2,1-4H3;6,8,13-14H,5,7,9-12H2,1-4H3,(H,24,25)/b;8-6-/t;13?,14-/m.0/s1. The average molecular weight is 758 g/mol. The number of benzene rings is 2. The number of ketones is 2. The van der Waals surface area contributed by atoms with Crippen molar-refractivity contribution in [1.29, 1.82) is 0 Å². The summed E-state index contributed by atoms with van der Waals surface area (Å²) in [5, 5.41) is 9.20. The molecule has 0 aliphatic carbocycles. The minimum absolute atomic E-state index is 0.00531. The fourth-order valence-corrected chi connectivity index (χ4v) is 5.10. The molecule has 0 spiro atoms. The van der Waals surface area contributed by atoms with Gasteiger partial charge in [0.1, 0.15) is 24.8 Å². The van der Waals surface area contributed by atoms with Gasteiger partial charge in [-0.2, -0.15) is 0 Å². The number of hydrogen-bond donors (Lipinski definition) is 1. The lowest BCUT2D eigenvalue weighted by molar-refractivity contribution is -0.164. The highest BCUT2D eigenvalue weighted by Crippen LogP contribution is 2.28. The number of Topliss-reactive ketones (excluding diaryl/α,β-unsaturated/α-hetero) is 2. The third-order valence-corrected chi connectivity index (χ3v) is 8.88. The van der Waals surface area contributed by atoms with Gasteiger partial charge in [-0.1, -0.05) is 46.3 Å². The third-order valence-electron chi connectivity index (χ3n) is 8.88. The summed E-state index contributed by atoms with van der Waals surface area (Å²) < 4.78 is 40.0. The zero-order chi connectivity index (χ0) is 40.4. The summed E-state index contributed by atoms with van der Waals surface area (Å²) >= 11 is 0. The number of hydrogen-bond acceptors (Lipinski definition) is 10. The Morgan fingerprint density at radius 3 is 2.31 bits per heavy atom. The van der Waals surface area contributed by atoms with Crippen LogP contribution >= 0.6 is 0 Å². The predicted octanol–water partition coefficient (Wildman–Crippen LogP) is 6.05. The first-order valence-electron chi connectivity index (χ1n) is 18.2. The zero-order valence-corrected chi connectivity index (χ0v) is 32.8. The number of nitrogens with zero attached hydrogens (tertiary/aromatic N) is 1. The molecule has 1 heterocycles. The van der Waals surface area contributed by atoms with Crippen molar-refractivity contribution in [2.24, 2.45) is 17.3 Å². The van der Waals surface area contributed by atoms with Gasteiger partial charge in [-0.15, -0.1) is 0 Å². The summed E-state index contributed by atoms with van der Waals surface area (Å²) in [7, 11) is 3.22. The molecule has 12 nitrogen and oxygen atoms in total. The first-order valence-corrected chi connectivity index (χ1v) is 18.2. The van der Waals surface area contributed by atoms with Crippen LogP contribution in [0.3, 0.4) is 0 Å². The normalized spacial score (nSPS) is 14.9. The second kappa shape index (κ2) is 22.4. The van der Waals surface area contributed by atoms with Crippen LogP contribution in [0.1, 0.15) is 71.9 Å². The van der Waals surface area contributed by atoms with Crippen molar-refractivity contribution < 1.29 is 57.2 Å². The lowest BCUT2D eigenvalue weighted by atomic mass is 9.88. The Kier molecular flexibility index (Phi) is 18.9. The summed E-state index contributed by atoms with van der Waals surface area (Å²) in [5.41, 5.74) is 0.712. The molecule has 2 atom stereocenters. The molecule has 2 aromatic rings. The lowest BCUT2D eigenvalue weighted by Crippen LogP contribution is -2.56. The van der Waals surface area contributed by atoms with E-state index in [2.05, 4.69) is 13.8 Å². The number of ether oxygens (including phenoxy) is 5. The van der Waals surface area contributed by atoms with Crippen LogP contribution in [0.15, 0.2) is 48.6 Å². The first-order chi connectivity index (χ1) is 25.5. The number of carbonyl (C=O) groups is 5. The van der Waals surface area contributed by atoms with E-state index in [0.717, 1.165) is 41.7 Å². The summed E-state index contributed by atoms with van der Waals surface area (Å²) in [4.78, 5) is 60.8. The van der Waals surface area contributed by atoms with E-state index in [4.69, 9.17) is 23.7 Å². The van der Waals surface area contributed by atoms with Crippen LogP contribution in [0.2, 0.25) is 0 Å². The van der Waals surface area contributed by atoms with Crippen LogP contribution < -0.4 is 14.2 Å². The van der Waals surface area contributed by atoms with E-state index in [0.29, 0.717) is 29.6 Å². The molecule has 1 N–H and O–H groups in total. The van der Waals surface area contributed by atoms with Gasteiger partial charge >= 0.3 is 11.9 Å². The number of methoxy groups -OCH3 is 2. The monoisotopic (exact) mass is 757 g/mol. The number of halogens is 1. The van der Waals surface area contributed by atoms with Crippen molar-refractivity contribution in [3.63, 3.8) is 0 Å². The van der Waals surface area contributed by atoms with Gasteiger partial charge in [0.2, 0.25) is 5.78 Å². The predicted molar refractivity (Wildman–Crippen MR) is 200 cm³/mol. The molecule has 54 heavy (non-hydrogen) atoms. The zero-order valence-electron chi connectivity index (χ0n) is 32.8. The lowest BCUT2D eigenvalue weighted by Gasteiger charge is -2.34. The highest BCUT2D eigenvalue weighted by atomic mass is 19.1. The van der Waals surface area contributed by atoms with Crippen LogP contribution in [-0.2, 0) is 46.3 Å². The van der Waals surface area contributed by atoms with E-state index in [1.54, 1.807) is 26.4 Å². The number of aliphatic carboxylic acids is 1. The molecule has 1 unspecified atom stereocenters. The SMILES string of the molecule is CCC(C)C/C=C\C(=O)OCC(C)(C)C(=O)C(=O)N1CCOC[C@H]1C(=O)O.COc1ccc(CCCc2cc(F)cc(OCC(=O)C(C)C)c2)cc1OC. The molecule has 298 valence electrons. The molecular weight excluding hydrogens is 701 g/mol. The second-order valence-corrected chi connectivity index (χ2v) is 14.1. The van der Waals surface area contributed by atoms with Gasteiger partial charge in [-0.05, 0) is 80.8 Å². The quantitative estimate of drug-likeness (QED) is 0.101. The summed E-state index contributed by atoms with van der Waals surface area (Å²) in [6.07, 6.45) is 7.18. The number of esters is 1. The second-order valence-electron chi connectivity index (χ2n) is 14.1. The van der Waals surface area contributed by atoms with Gasteiger partial charge < -0.3 is 33.7 Å². The number of aryl methyl sites for hydroxylation is 2. The number of rotatable bonds is 19. The Labute approximate surface area is 317 Å². The van der Waals surface area contributed by atoms with Crippen molar-refractivity contribution in [1.82, 2.24) is 4.90 Å². The van der Waals surface area contributed by atoms with E-state index in [1.807, 2.05) is 32.0 Å². The van der Waals surface area contributed by atoms with E-state index < -0.39 is 35.1 Å². The maximum Gasteiger partial charge on any atom is 0.330 e. The summed E-state index contributed by atoms with van der Waals surface area (Å²) in [6, 6.07) is 9.25. The molecule has 13 heteroatoms. The van der Waals surface area contributed by atoms with Crippen LogP contribution in [-0.4, -0.2) is 92.7 Å². The Bertz CT molecular complexity index is 1600. The van der Waals surface area contributed by atoms with Crippen LogP contribution in [0.25, 0.3) is 0 Å². The maximum atomic E-state index is 13.8. The molecule has 1 amide bonds. The summed E-state index contributed by atoms with van der Waals surface area (Å²) in [6.45, 7) is 10.5. The molecule has 0 aromatic heterocycles. The van der Waals surface area contributed by atoms with Gasteiger partial charge in [0.05, 0.1) is 32.8 Å². The van der Waals surface area contributed by atoms with Crippen molar-refractivity contribution in [3.05, 3.63) is 65.5 Å². The highest BCUT2D eigenvalue weighted by Gasteiger charge is 2.41. The Hall–Kier alpha value is -4.78. The van der Waals surface area contributed by atoms with E-state index in [-0.39, 0.29) is 50.5 Å². The van der Waals surface area contributed by atoms with Gasteiger partial charge in [0.25, 0.3) is 5.91 Å². The Morgan fingerprint density at radius 2 is 1.69 bits per heavy atom. The molecule has 0 bridgehead atoms. The number of morpholine rings is 1. The van der Waals surface area contributed by atoms with Gasteiger partial charge in [-0.3, -0.25) is 14.4 Å². The minimum Gasteiger partial charge on any atom is -0.493 e. The van der Waals surface area contributed by atoms with Crippen LogP contribution in [0, 0.1) is 23.1 Å². The molecule has 1 fully saturated rings. The van der Waals surface area contributed by atoms with E-state index in [1.165, 1.54) is 32.1 Å². The molecule has 1 saturated heterocycles. The number of carbonyl (C=O) groups excluding carboxylic acids is 4. The number of amides is 1. The fourth-order valence-electron chi connectivity index (χ4n) is 5.10. The van der Waals surface area contributed by atoms with Gasteiger partial charge in [0.15, 0.2) is 23.3 Å². The van der Waals surface area contributed by atoms with E-state index in [9.17, 15) is 33.5 Å². The first kappa shape index (κ1) is 45.4. The molecule has 0 radical (unpaired) electrons. The van der Waals surface area contributed by atoms with Crippen molar-refractivity contribution in [2.45, 2.75) is 79.7 Å². The van der Waals surface area contributed by atoms with Crippen molar-refractivity contribution >= 4 is 29.4 Å². The number of carboxylic acids is 1. The Balaban J connectivity index is 0.000000373. The van der Waals surface area contributed by atoms with Crippen molar-refractivity contribution in [3.8, 4) is 17.2 Å². The minimum atomic E-state index is -1.27. The fraction of sp³-hybridized carbons (Fsp3) is 0.537. The summed E-state index contributed by atoms with van der Waals surface area (Å²) in [5.74, 6) is -1.72. The highest BCUT2D eigenvalue weighted by molar-refractivity contribution is 6.38. The molecule has 1 aliphatic heterocycles. The van der Waals surface area contributed by atoms with Crippen LogP contribution in [0.5, 0.6) is 17.2 Å². The smallest absolute Gasteiger partial charge is 0.330 e.